The summed E-state index contributed by atoms with van der Waals surface area (Å²) in [6, 6.07) is 5.54. The number of ether oxygens (including phenoxy) is 3. The largest absolute Gasteiger partial charge is 0.493 e. The molecule has 0 unspecified atom stereocenters. The fraction of sp³-hybridized carbons (Fsp3) is 0.529. The third-order valence-corrected chi connectivity index (χ3v) is 3.10. The average Bonchev–Trinajstić information content (AvgIpc) is 2.59. The summed E-state index contributed by atoms with van der Waals surface area (Å²) in [6.07, 6.45) is 1.01. The Labute approximate surface area is 166 Å². The molecule has 0 heterocycles. The lowest BCUT2D eigenvalue weighted by atomic mass is 10.2. The van der Waals surface area contributed by atoms with Crippen LogP contribution in [0, 0.1) is 0 Å². The van der Waals surface area contributed by atoms with Crippen molar-refractivity contribution in [1.29, 1.82) is 0 Å². The zero-order chi connectivity index (χ0) is 17.8. The van der Waals surface area contributed by atoms with Crippen molar-refractivity contribution < 1.29 is 19.0 Å². The van der Waals surface area contributed by atoms with Gasteiger partial charge >= 0.3 is 5.97 Å². The van der Waals surface area contributed by atoms with Gasteiger partial charge in [0, 0.05) is 31.3 Å². The van der Waals surface area contributed by atoms with Gasteiger partial charge in [-0.05, 0) is 32.4 Å². The molecule has 1 aromatic rings. The normalized spacial score (nSPS) is 10.5. The molecule has 1 aromatic carbocycles. The number of guanidine groups is 1. The minimum Gasteiger partial charge on any atom is -0.493 e. The Balaban J connectivity index is 0.00000576. The van der Waals surface area contributed by atoms with Gasteiger partial charge in [0.25, 0.3) is 0 Å². The van der Waals surface area contributed by atoms with Crippen LogP contribution in [0.2, 0.25) is 0 Å². The van der Waals surface area contributed by atoms with Crippen molar-refractivity contribution in [2.45, 2.75) is 26.7 Å². The van der Waals surface area contributed by atoms with Crippen molar-refractivity contribution >= 4 is 41.6 Å². The molecular formula is C17H28IN3O4. The van der Waals surface area contributed by atoms with Gasteiger partial charge in [-0.1, -0.05) is 0 Å². The molecule has 0 saturated heterocycles. The lowest BCUT2D eigenvalue weighted by molar-refractivity contribution is -0.143. The summed E-state index contributed by atoms with van der Waals surface area (Å²) in [6.45, 7) is 5.46. The van der Waals surface area contributed by atoms with E-state index < -0.39 is 0 Å². The van der Waals surface area contributed by atoms with Gasteiger partial charge < -0.3 is 24.8 Å². The zero-order valence-electron chi connectivity index (χ0n) is 15.3. The van der Waals surface area contributed by atoms with Crippen LogP contribution in [0.15, 0.2) is 23.2 Å². The third-order valence-electron chi connectivity index (χ3n) is 3.10. The number of hydrogen-bond donors (Lipinski definition) is 2. The molecule has 0 atom stereocenters. The maximum Gasteiger partial charge on any atom is 0.305 e. The number of hydrogen-bond acceptors (Lipinski definition) is 5. The van der Waals surface area contributed by atoms with Crippen LogP contribution in [0.3, 0.4) is 0 Å². The maximum atomic E-state index is 11.3. The highest BCUT2D eigenvalue weighted by Crippen LogP contribution is 2.29. The molecule has 0 radical (unpaired) electrons. The van der Waals surface area contributed by atoms with Crippen LogP contribution in [0.1, 0.15) is 26.7 Å². The molecule has 0 bridgehead atoms. The molecule has 8 heteroatoms. The predicted molar refractivity (Wildman–Crippen MR) is 110 cm³/mol. The first-order valence-corrected chi connectivity index (χ1v) is 8.07. The highest BCUT2D eigenvalue weighted by molar-refractivity contribution is 14.0. The highest BCUT2D eigenvalue weighted by atomic mass is 127. The Morgan fingerprint density at radius 2 is 1.88 bits per heavy atom. The molecule has 0 aromatic heterocycles. The second-order valence-corrected chi connectivity index (χ2v) is 4.86. The van der Waals surface area contributed by atoms with Crippen molar-refractivity contribution in [2.24, 2.45) is 4.99 Å². The highest BCUT2D eigenvalue weighted by Gasteiger charge is 2.06. The van der Waals surface area contributed by atoms with E-state index in [1.54, 1.807) is 21.1 Å². The Morgan fingerprint density at radius 1 is 1.16 bits per heavy atom. The third kappa shape index (κ3) is 8.80. The van der Waals surface area contributed by atoms with Crippen molar-refractivity contribution in [3.63, 3.8) is 0 Å². The van der Waals surface area contributed by atoms with E-state index in [0.717, 1.165) is 12.2 Å². The molecule has 25 heavy (non-hydrogen) atoms. The predicted octanol–water partition coefficient (Wildman–Crippen LogP) is 3.04. The second kappa shape index (κ2) is 13.6. The molecule has 0 spiro atoms. The smallest absolute Gasteiger partial charge is 0.305 e. The Hall–Kier alpha value is -1.71. The van der Waals surface area contributed by atoms with Gasteiger partial charge in [-0.2, -0.15) is 0 Å². The van der Waals surface area contributed by atoms with Crippen LogP contribution < -0.4 is 20.1 Å². The van der Waals surface area contributed by atoms with Gasteiger partial charge in [0.1, 0.15) is 0 Å². The average molecular weight is 465 g/mol. The van der Waals surface area contributed by atoms with E-state index >= 15 is 0 Å². The van der Waals surface area contributed by atoms with Crippen molar-refractivity contribution in [2.75, 3.05) is 39.2 Å². The van der Waals surface area contributed by atoms with E-state index in [1.807, 2.05) is 25.1 Å². The molecule has 0 aliphatic carbocycles. The van der Waals surface area contributed by atoms with Crippen LogP contribution in [0.25, 0.3) is 0 Å². The number of carbonyl (C=O) groups is 1. The van der Waals surface area contributed by atoms with Gasteiger partial charge in [0.05, 0.1) is 20.8 Å². The summed E-state index contributed by atoms with van der Waals surface area (Å²) in [5.74, 6) is 1.76. The van der Waals surface area contributed by atoms with Crippen LogP contribution in [0.4, 0.5) is 5.69 Å². The van der Waals surface area contributed by atoms with Crippen LogP contribution in [-0.4, -0.2) is 45.8 Å². The number of halogens is 1. The molecular weight excluding hydrogens is 437 g/mol. The lowest BCUT2D eigenvalue weighted by Gasteiger charge is -2.13. The van der Waals surface area contributed by atoms with E-state index in [1.165, 1.54) is 0 Å². The molecule has 0 saturated carbocycles. The molecule has 7 nitrogen and oxygen atoms in total. The number of rotatable bonds is 9. The monoisotopic (exact) mass is 465 g/mol. The first-order valence-electron chi connectivity index (χ1n) is 8.07. The summed E-state index contributed by atoms with van der Waals surface area (Å²) in [5.41, 5.74) is 0.831. The number of aliphatic imine (C=N–C) groups is 1. The Kier molecular flexibility index (Phi) is 12.6. The first kappa shape index (κ1) is 23.3. The molecule has 1 rings (SSSR count). The molecule has 142 valence electrons. The summed E-state index contributed by atoms with van der Waals surface area (Å²) in [4.78, 5) is 15.8. The zero-order valence-corrected chi connectivity index (χ0v) is 17.6. The fourth-order valence-corrected chi connectivity index (χ4v) is 2.01. The second-order valence-electron chi connectivity index (χ2n) is 4.86. The fourth-order valence-electron chi connectivity index (χ4n) is 2.01. The SMILES string of the molecule is CCNC(=NCCCC(=O)OCC)Nc1ccc(OC)c(OC)c1.I. The van der Waals surface area contributed by atoms with Crippen molar-refractivity contribution in [3.05, 3.63) is 18.2 Å². The topological polar surface area (TPSA) is 81.2 Å². The summed E-state index contributed by atoms with van der Waals surface area (Å²) in [7, 11) is 3.19. The van der Waals surface area contributed by atoms with Gasteiger partial charge in [0.2, 0.25) is 0 Å². The van der Waals surface area contributed by atoms with Gasteiger partial charge in [0.15, 0.2) is 17.5 Å². The van der Waals surface area contributed by atoms with Crippen molar-refractivity contribution in [1.82, 2.24) is 5.32 Å². The maximum absolute atomic E-state index is 11.3. The van der Waals surface area contributed by atoms with Gasteiger partial charge in [-0.25, -0.2) is 0 Å². The van der Waals surface area contributed by atoms with E-state index in [4.69, 9.17) is 14.2 Å². The summed E-state index contributed by atoms with van der Waals surface area (Å²) in [5, 5.41) is 6.37. The van der Waals surface area contributed by atoms with Crippen LogP contribution in [0.5, 0.6) is 11.5 Å². The quantitative estimate of drug-likeness (QED) is 0.192. The number of anilines is 1. The summed E-state index contributed by atoms with van der Waals surface area (Å²) < 4.78 is 15.4. The first-order chi connectivity index (χ1) is 11.6. The standard InChI is InChI=1S/C17H27N3O4.HI/c1-5-18-17(19-11-7-8-16(21)24-6-2)20-13-9-10-14(22-3)15(12-13)23-4;/h9-10,12H,5-8,11H2,1-4H3,(H2,18,19,20);1H. The van der Waals surface area contributed by atoms with Crippen molar-refractivity contribution in [3.8, 4) is 11.5 Å². The van der Waals surface area contributed by atoms with Crippen LogP contribution in [-0.2, 0) is 9.53 Å². The minimum absolute atomic E-state index is 0. The van der Waals surface area contributed by atoms with Gasteiger partial charge in [-0.3, -0.25) is 9.79 Å². The molecule has 0 aliphatic rings. The molecule has 2 N–H and O–H groups in total. The number of carbonyl (C=O) groups excluding carboxylic acids is 1. The van der Waals surface area contributed by atoms with E-state index in [0.29, 0.717) is 43.5 Å². The van der Waals surface area contributed by atoms with E-state index in [9.17, 15) is 4.79 Å². The van der Waals surface area contributed by atoms with Crippen LogP contribution >= 0.6 is 24.0 Å². The number of nitrogens with one attached hydrogen (secondary N) is 2. The number of benzene rings is 1. The molecule has 0 aliphatic heterocycles. The minimum atomic E-state index is -0.189. The van der Waals surface area contributed by atoms with E-state index in [2.05, 4.69) is 15.6 Å². The molecule has 0 fully saturated rings. The summed E-state index contributed by atoms with van der Waals surface area (Å²) >= 11 is 0. The Morgan fingerprint density at radius 3 is 2.48 bits per heavy atom. The number of nitrogens with zero attached hydrogens (tertiary/aromatic N) is 1. The van der Waals surface area contributed by atoms with Gasteiger partial charge in [-0.15, -0.1) is 24.0 Å². The molecule has 0 amide bonds. The lowest BCUT2D eigenvalue weighted by Crippen LogP contribution is -2.30. The Bertz CT molecular complexity index is 553. The number of methoxy groups -OCH3 is 2. The number of esters is 1. The van der Waals surface area contributed by atoms with E-state index in [-0.39, 0.29) is 29.9 Å².